The van der Waals surface area contributed by atoms with Crippen molar-refractivity contribution in [3.05, 3.63) is 52.6 Å². The molecule has 0 aromatic heterocycles. The Morgan fingerprint density at radius 3 is 2.16 bits per heavy atom. The summed E-state index contributed by atoms with van der Waals surface area (Å²) in [5.41, 5.74) is 12.1. The van der Waals surface area contributed by atoms with Gasteiger partial charge in [0.25, 0.3) is 0 Å². The molecule has 0 atom stereocenters. The number of rotatable bonds is 0. The number of aromatic hydroxyl groups is 1. The second kappa shape index (κ2) is 3.58. The van der Waals surface area contributed by atoms with E-state index in [1.165, 1.54) is 18.2 Å². The van der Waals surface area contributed by atoms with Gasteiger partial charge in [0.05, 0.1) is 16.8 Å². The number of phenols is 1. The fourth-order valence-corrected chi connectivity index (χ4v) is 2.31. The van der Waals surface area contributed by atoms with E-state index < -0.39 is 5.78 Å². The third kappa shape index (κ3) is 1.35. The van der Waals surface area contributed by atoms with E-state index in [0.29, 0.717) is 0 Å². The Bertz CT molecular complexity index is 751. The number of hydrogen-bond acceptors (Lipinski definition) is 5. The van der Waals surface area contributed by atoms with Gasteiger partial charge in [0.1, 0.15) is 5.75 Å². The Morgan fingerprint density at radius 2 is 1.42 bits per heavy atom. The molecule has 5 N–H and O–H groups in total. The third-order valence-corrected chi connectivity index (χ3v) is 3.25. The molecule has 0 spiro atoms. The Labute approximate surface area is 108 Å². The van der Waals surface area contributed by atoms with E-state index in [0.717, 1.165) is 0 Å². The maximum Gasteiger partial charge on any atom is 0.198 e. The standard InChI is InChI=1S/C14H10N2O3/c15-8-3-1-2-6-10(8)12(17)7-4-5-9(16)14(19)11(7)13(6)18/h1-5,19H,15-16H2. The lowest BCUT2D eigenvalue weighted by atomic mass is 9.82. The molecule has 0 fully saturated rings. The maximum absolute atomic E-state index is 12.4. The molecule has 0 aliphatic heterocycles. The first kappa shape index (κ1) is 11.3. The molecule has 2 aromatic rings. The Balaban J connectivity index is 2.40. The molecule has 19 heavy (non-hydrogen) atoms. The van der Waals surface area contributed by atoms with Gasteiger partial charge in [-0.3, -0.25) is 9.59 Å². The van der Waals surface area contributed by atoms with Gasteiger partial charge in [-0.1, -0.05) is 12.1 Å². The van der Waals surface area contributed by atoms with E-state index in [-0.39, 0.29) is 45.2 Å². The number of carbonyl (C=O) groups is 2. The zero-order valence-corrected chi connectivity index (χ0v) is 9.81. The highest BCUT2D eigenvalue weighted by Gasteiger charge is 2.33. The van der Waals surface area contributed by atoms with Crippen molar-refractivity contribution in [1.82, 2.24) is 0 Å². The largest absolute Gasteiger partial charge is 0.505 e. The van der Waals surface area contributed by atoms with E-state index in [9.17, 15) is 14.7 Å². The van der Waals surface area contributed by atoms with Gasteiger partial charge in [-0.05, 0) is 18.2 Å². The molecule has 0 unspecified atom stereocenters. The summed E-state index contributed by atoms with van der Waals surface area (Å²) in [5.74, 6) is -1.18. The molecule has 94 valence electrons. The molecular weight excluding hydrogens is 244 g/mol. The number of benzene rings is 2. The fourth-order valence-electron chi connectivity index (χ4n) is 2.31. The molecule has 0 amide bonds. The van der Waals surface area contributed by atoms with Crippen molar-refractivity contribution >= 4 is 22.9 Å². The van der Waals surface area contributed by atoms with E-state index in [1.807, 2.05) is 0 Å². The maximum atomic E-state index is 12.4. The molecule has 5 nitrogen and oxygen atoms in total. The molecule has 5 heteroatoms. The zero-order valence-electron chi connectivity index (χ0n) is 9.81. The number of hydrogen-bond donors (Lipinski definition) is 3. The van der Waals surface area contributed by atoms with Crippen LogP contribution >= 0.6 is 0 Å². The highest BCUT2D eigenvalue weighted by Crippen LogP contribution is 2.37. The molecule has 0 bridgehead atoms. The van der Waals surface area contributed by atoms with Gasteiger partial charge in [0.2, 0.25) is 0 Å². The summed E-state index contributed by atoms with van der Waals surface area (Å²) < 4.78 is 0. The van der Waals surface area contributed by atoms with Gasteiger partial charge in [0, 0.05) is 16.8 Å². The SMILES string of the molecule is Nc1ccc2c(c1O)C(=O)c1cccc(N)c1C2=O. The van der Waals surface area contributed by atoms with Gasteiger partial charge >= 0.3 is 0 Å². The molecule has 0 radical (unpaired) electrons. The number of carbonyl (C=O) groups excluding carboxylic acids is 2. The second-order valence-corrected chi connectivity index (χ2v) is 4.35. The smallest absolute Gasteiger partial charge is 0.198 e. The summed E-state index contributed by atoms with van der Waals surface area (Å²) in [5, 5.41) is 9.90. The predicted molar refractivity (Wildman–Crippen MR) is 70.2 cm³/mol. The van der Waals surface area contributed by atoms with Crippen LogP contribution in [-0.2, 0) is 0 Å². The summed E-state index contributed by atoms with van der Waals surface area (Å²) in [6.45, 7) is 0. The molecule has 2 aromatic carbocycles. The molecular formula is C14H10N2O3. The molecule has 1 aliphatic rings. The van der Waals surface area contributed by atoms with Crippen LogP contribution in [0, 0.1) is 0 Å². The van der Waals surface area contributed by atoms with E-state index >= 15 is 0 Å². The first-order valence-electron chi connectivity index (χ1n) is 5.61. The normalized spacial score (nSPS) is 13.1. The van der Waals surface area contributed by atoms with Crippen molar-refractivity contribution in [2.24, 2.45) is 0 Å². The average Bonchev–Trinajstić information content (AvgIpc) is 2.39. The van der Waals surface area contributed by atoms with Gasteiger partial charge in [-0.25, -0.2) is 0 Å². The Kier molecular flexibility index (Phi) is 2.13. The van der Waals surface area contributed by atoms with Crippen molar-refractivity contribution in [3.8, 4) is 5.75 Å². The van der Waals surface area contributed by atoms with Crippen LogP contribution in [0.1, 0.15) is 31.8 Å². The minimum Gasteiger partial charge on any atom is -0.505 e. The van der Waals surface area contributed by atoms with Crippen LogP contribution in [0.5, 0.6) is 5.75 Å². The Morgan fingerprint density at radius 1 is 0.789 bits per heavy atom. The van der Waals surface area contributed by atoms with Crippen molar-refractivity contribution in [3.63, 3.8) is 0 Å². The molecule has 0 saturated carbocycles. The van der Waals surface area contributed by atoms with Crippen molar-refractivity contribution in [2.45, 2.75) is 0 Å². The summed E-state index contributed by atoms with van der Waals surface area (Å²) >= 11 is 0. The van der Waals surface area contributed by atoms with Crippen molar-refractivity contribution in [1.29, 1.82) is 0 Å². The van der Waals surface area contributed by atoms with Crippen molar-refractivity contribution in [2.75, 3.05) is 11.5 Å². The van der Waals surface area contributed by atoms with Crippen LogP contribution in [-0.4, -0.2) is 16.7 Å². The third-order valence-electron chi connectivity index (χ3n) is 3.25. The molecule has 3 rings (SSSR count). The number of phenolic OH excluding ortho intramolecular Hbond substituents is 1. The van der Waals surface area contributed by atoms with Gasteiger partial charge < -0.3 is 16.6 Å². The van der Waals surface area contributed by atoms with Crippen LogP contribution in [0.3, 0.4) is 0 Å². The minimum atomic E-state index is -0.443. The Hall–Kier alpha value is -2.82. The van der Waals surface area contributed by atoms with E-state index in [1.54, 1.807) is 12.1 Å². The lowest BCUT2D eigenvalue weighted by Crippen LogP contribution is -2.22. The number of nitrogens with two attached hydrogens (primary N) is 2. The van der Waals surface area contributed by atoms with Crippen molar-refractivity contribution < 1.29 is 14.7 Å². The molecule has 0 heterocycles. The lowest BCUT2D eigenvalue weighted by Gasteiger charge is -2.20. The van der Waals surface area contributed by atoms with Gasteiger partial charge in [-0.2, -0.15) is 0 Å². The van der Waals surface area contributed by atoms with Crippen LogP contribution < -0.4 is 11.5 Å². The van der Waals surface area contributed by atoms with E-state index in [2.05, 4.69) is 0 Å². The first-order chi connectivity index (χ1) is 9.02. The number of nitrogen functional groups attached to an aromatic ring is 2. The van der Waals surface area contributed by atoms with Gasteiger partial charge in [0.15, 0.2) is 11.6 Å². The fraction of sp³-hybridized carbons (Fsp3) is 0. The highest BCUT2D eigenvalue weighted by molar-refractivity contribution is 6.31. The predicted octanol–water partition coefficient (Wildman–Crippen LogP) is 1.33. The number of ketones is 2. The van der Waals surface area contributed by atoms with Crippen LogP contribution in [0.15, 0.2) is 30.3 Å². The lowest BCUT2D eigenvalue weighted by molar-refractivity contribution is 0.0977. The number of fused-ring (bicyclic) bond motifs is 2. The zero-order chi connectivity index (χ0) is 13.7. The summed E-state index contributed by atoms with van der Waals surface area (Å²) in [7, 11) is 0. The highest BCUT2D eigenvalue weighted by atomic mass is 16.3. The quantitative estimate of drug-likeness (QED) is 0.414. The van der Waals surface area contributed by atoms with Gasteiger partial charge in [-0.15, -0.1) is 0 Å². The molecule has 0 saturated heterocycles. The van der Waals surface area contributed by atoms with Crippen LogP contribution in [0.25, 0.3) is 0 Å². The van der Waals surface area contributed by atoms with Crippen LogP contribution in [0.4, 0.5) is 11.4 Å². The average molecular weight is 254 g/mol. The summed E-state index contributed by atoms with van der Waals surface area (Å²) in [4.78, 5) is 24.7. The first-order valence-corrected chi connectivity index (χ1v) is 5.61. The second-order valence-electron chi connectivity index (χ2n) is 4.35. The molecule has 1 aliphatic carbocycles. The van der Waals surface area contributed by atoms with Crippen LogP contribution in [0.2, 0.25) is 0 Å². The van der Waals surface area contributed by atoms with E-state index in [4.69, 9.17) is 11.5 Å². The minimum absolute atomic E-state index is 0.0527. The summed E-state index contributed by atoms with van der Waals surface area (Å²) in [6.07, 6.45) is 0. The monoisotopic (exact) mass is 254 g/mol. The number of anilines is 2. The summed E-state index contributed by atoms with van der Waals surface area (Å²) in [6, 6.07) is 7.49. The topological polar surface area (TPSA) is 106 Å².